The highest BCUT2D eigenvalue weighted by molar-refractivity contribution is 5.92. The van der Waals surface area contributed by atoms with Crippen LogP contribution in [0, 0.1) is 0 Å². The third kappa shape index (κ3) is 2.97. The highest BCUT2D eigenvalue weighted by Gasteiger charge is 2.35. The van der Waals surface area contributed by atoms with Gasteiger partial charge in [0.15, 0.2) is 5.69 Å². The maximum atomic E-state index is 12.9. The first kappa shape index (κ1) is 16.0. The van der Waals surface area contributed by atoms with E-state index in [0.29, 0.717) is 18.2 Å². The molecule has 1 atom stereocenters. The second kappa shape index (κ2) is 6.43. The molecular formula is C19H22N2O4. The van der Waals surface area contributed by atoms with Gasteiger partial charge in [-0.15, -0.1) is 0 Å². The molecule has 6 nitrogen and oxygen atoms in total. The topological polar surface area (TPSA) is 64.8 Å². The van der Waals surface area contributed by atoms with Crippen molar-refractivity contribution in [3.05, 3.63) is 41.3 Å². The van der Waals surface area contributed by atoms with Gasteiger partial charge in [0.05, 0.1) is 20.3 Å². The zero-order valence-electron chi connectivity index (χ0n) is 14.5. The molecule has 1 aromatic heterocycles. The van der Waals surface area contributed by atoms with Crippen LogP contribution in [-0.4, -0.2) is 36.7 Å². The van der Waals surface area contributed by atoms with Gasteiger partial charge in [0.25, 0.3) is 5.91 Å². The Balaban J connectivity index is 1.60. The van der Waals surface area contributed by atoms with E-state index < -0.39 is 0 Å². The molecule has 0 N–H and O–H groups in total. The normalized spacial score (nSPS) is 19.9. The lowest BCUT2D eigenvalue weighted by Gasteiger charge is -2.25. The Morgan fingerprint density at radius 3 is 2.76 bits per heavy atom. The van der Waals surface area contributed by atoms with Crippen LogP contribution < -0.4 is 9.47 Å². The number of aromatic nitrogens is 1. The molecule has 4 rings (SSSR count). The van der Waals surface area contributed by atoms with Crippen LogP contribution in [0.3, 0.4) is 0 Å². The van der Waals surface area contributed by atoms with Crippen molar-refractivity contribution in [3.8, 4) is 11.5 Å². The molecule has 6 heteroatoms. The van der Waals surface area contributed by atoms with Crippen molar-refractivity contribution in [1.82, 2.24) is 10.1 Å². The van der Waals surface area contributed by atoms with Crippen molar-refractivity contribution in [1.29, 1.82) is 0 Å². The number of hydrogen-bond donors (Lipinski definition) is 0. The average molecular weight is 342 g/mol. The molecule has 1 aromatic carbocycles. The summed E-state index contributed by atoms with van der Waals surface area (Å²) in [5.41, 5.74) is 1.40. The summed E-state index contributed by atoms with van der Waals surface area (Å²) in [5.74, 6) is 2.69. The number of nitrogens with zero attached hydrogens (tertiary/aromatic N) is 2. The lowest BCUT2D eigenvalue weighted by molar-refractivity contribution is 0.0723. The van der Waals surface area contributed by atoms with Gasteiger partial charge >= 0.3 is 0 Å². The number of carbonyl (C=O) groups is 1. The molecule has 2 fully saturated rings. The van der Waals surface area contributed by atoms with Gasteiger partial charge in [0.2, 0.25) is 0 Å². The van der Waals surface area contributed by atoms with E-state index in [1.165, 1.54) is 0 Å². The zero-order chi connectivity index (χ0) is 17.4. The van der Waals surface area contributed by atoms with Crippen LogP contribution in [0.25, 0.3) is 0 Å². The van der Waals surface area contributed by atoms with Gasteiger partial charge in [-0.1, -0.05) is 5.16 Å². The van der Waals surface area contributed by atoms with Crippen molar-refractivity contribution in [2.75, 3.05) is 20.8 Å². The molecule has 132 valence electrons. The first-order valence-corrected chi connectivity index (χ1v) is 8.70. The monoisotopic (exact) mass is 342 g/mol. The fourth-order valence-corrected chi connectivity index (χ4v) is 3.52. The van der Waals surface area contributed by atoms with Gasteiger partial charge in [0, 0.05) is 30.2 Å². The average Bonchev–Trinajstić information content (AvgIpc) is 3.19. The van der Waals surface area contributed by atoms with Gasteiger partial charge in [-0.2, -0.15) is 0 Å². The molecule has 1 aliphatic carbocycles. The van der Waals surface area contributed by atoms with Gasteiger partial charge in [0.1, 0.15) is 17.3 Å². The molecule has 0 spiro atoms. The summed E-state index contributed by atoms with van der Waals surface area (Å²) in [4.78, 5) is 14.8. The summed E-state index contributed by atoms with van der Waals surface area (Å²) in [5, 5.41) is 4.00. The van der Waals surface area contributed by atoms with Crippen molar-refractivity contribution >= 4 is 5.91 Å². The Morgan fingerprint density at radius 2 is 2.04 bits per heavy atom. The SMILES string of the molecule is COc1ccc(C2CCCN2C(=O)c2cc(C3CC3)on2)c(OC)c1. The summed E-state index contributed by atoms with van der Waals surface area (Å²) in [7, 11) is 3.26. The van der Waals surface area contributed by atoms with E-state index in [2.05, 4.69) is 5.16 Å². The minimum Gasteiger partial charge on any atom is -0.497 e. The Kier molecular flexibility index (Phi) is 4.11. The molecule has 0 radical (unpaired) electrons. The fourth-order valence-electron chi connectivity index (χ4n) is 3.52. The van der Waals surface area contributed by atoms with Crippen LogP contribution in [0.5, 0.6) is 11.5 Å². The third-order valence-corrected chi connectivity index (χ3v) is 5.04. The van der Waals surface area contributed by atoms with Crippen molar-refractivity contribution < 1.29 is 18.8 Å². The molecule has 2 heterocycles. The minimum atomic E-state index is -0.0731. The lowest BCUT2D eigenvalue weighted by atomic mass is 10.0. The van der Waals surface area contributed by atoms with Crippen molar-refractivity contribution in [2.45, 2.75) is 37.6 Å². The number of amides is 1. The molecule has 1 saturated heterocycles. The summed E-state index contributed by atoms with van der Waals surface area (Å²) in [6.45, 7) is 0.713. The number of carbonyl (C=O) groups excluding carboxylic acids is 1. The number of benzene rings is 1. The fraction of sp³-hybridized carbons (Fsp3) is 0.474. The van der Waals surface area contributed by atoms with Gasteiger partial charge in [-0.25, -0.2) is 0 Å². The van der Waals surface area contributed by atoms with Gasteiger partial charge in [-0.05, 0) is 37.8 Å². The molecule has 0 bridgehead atoms. The van der Waals surface area contributed by atoms with E-state index in [1.807, 2.05) is 23.1 Å². The minimum absolute atomic E-state index is 0.0190. The van der Waals surface area contributed by atoms with E-state index in [0.717, 1.165) is 48.5 Å². The van der Waals surface area contributed by atoms with Crippen LogP contribution in [-0.2, 0) is 0 Å². The number of likely N-dealkylation sites (tertiary alicyclic amines) is 1. The Morgan fingerprint density at radius 1 is 1.20 bits per heavy atom. The first-order chi connectivity index (χ1) is 12.2. The van der Waals surface area contributed by atoms with Crippen LogP contribution in [0.15, 0.2) is 28.8 Å². The van der Waals surface area contributed by atoms with E-state index in [9.17, 15) is 4.79 Å². The predicted octanol–water partition coefficient (Wildman–Crippen LogP) is 3.55. The van der Waals surface area contributed by atoms with Crippen molar-refractivity contribution in [3.63, 3.8) is 0 Å². The number of rotatable bonds is 5. The number of ether oxygens (including phenoxy) is 2. The third-order valence-electron chi connectivity index (χ3n) is 5.04. The summed E-state index contributed by atoms with van der Waals surface area (Å²) >= 11 is 0. The zero-order valence-corrected chi connectivity index (χ0v) is 14.5. The van der Waals surface area contributed by atoms with Gasteiger partial charge < -0.3 is 18.9 Å². The largest absolute Gasteiger partial charge is 0.497 e. The highest BCUT2D eigenvalue weighted by atomic mass is 16.5. The number of methoxy groups -OCH3 is 2. The maximum Gasteiger partial charge on any atom is 0.276 e. The van der Waals surface area contributed by atoms with Crippen LogP contribution in [0.2, 0.25) is 0 Å². The lowest BCUT2D eigenvalue weighted by Crippen LogP contribution is -2.31. The highest BCUT2D eigenvalue weighted by Crippen LogP contribution is 2.42. The van der Waals surface area contributed by atoms with Crippen LogP contribution in [0.1, 0.15) is 59.5 Å². The van der Waals surface area contributed by atoms with E-state index in [-0.39, 0.29) is 11.9 Å². The predicted molar refractivity (Wildman–Crippen MR) is 91.0 cm³/mol. The van der Waals surface area contributed by atoms with E-state index >= 15 is 0 Å². The second-order valence-electron chi connectivity index (χ2n) is 6.65. The molecule has 2 aliphatic rings. The molecule has 1 unspecified atom stereocenters. The standard InChI is InChI=1S/C19H22N2O4/c1-23-13-7-8-14(18(10-13)24-2)16-4-3-9-21(16)19(22)15-11-17(25-20-15)12-5-6-12/h7-8,10-12,16H,3-6,9H2,1-2H3. The first-order valence-electron chi connectivity index (χ1n) is 8.70. The molecular weight excluding hydrogens is 320 g/mol. The molecule has 2 aromatic rings. The maximum absolute atomic E-state index is 12.9. The molecule has 1 aliphatic heterocycles. The molecule has 25 heavy (non-hydrogen) atoms. The van der Waals surface area contributed by atoms with Crippen molar-refractivity contribution in [2.24, 2.45) is 0 Å². The Bertz CT molecular complexity index is 781. The smallest absolute Gasteiger partial charge is 0.276 e. The van der Waals surface area contributed by atoms with Gasteiger partial charge in [-0.3, -0.25) is 4.79 Å². The summed E-state index contributed by atoms with van der Waals surface area (Å²) < 4.78 is 16.1. The molecule has 1 amide bonds. The number of hydrogen-bond acceptors (Lipinski definition) is 5. The van der Waals surface area contributed by atoms with Crippen LogP contribution in [0.4, 0.5) is 0 Å². The molecule has 1 saturated carbocycles. The summed E-state index contributed by atoms with van der Waals surface area (Å²) in [6.07, 6.45) is 4.11. The van der Waals surface area contributed by atoms with E-state index in [1.54, 1.807) is 20.3 Å². The Hall–Kier alpha value is -2.50. The second-order valence-corrected chi connectivity index (χ2v) is 6.65. The van der Waals surface area contributed by atoms with E-state index in [4.69, 9.17) is 14.0 Å². The quantitative estimate of drug-likeness (QED) is 0.831. The summed E-state index contributed by atoms with van der Waals surface area (Å²) in [6, 6.07) is 7.53. The van der Waals surface area contributed by atoms with Crippen LogP contribution >= 0.6 is 0 Å². The Labute approximate surface area is 146 Å².